The third-order valence-corrected chi connectivity index (χ3v) is 4.99. The highest BCUT2D eigenvalue weighted by molar-refractivity contribution is 9.10. The molecule has 1 heterocycles. The Kier molecular flexibility index (Phi) is 3.44. The zero-order valence-electron chi connectivity index (χ0n) is 11.5. The number of Topliss-reactive ketones (excluding diaryl/α,β-unsaturated/α-hetero) is 1. The monoisotopic (exact) mass is 335 g/mol. The van der Waals surface area contributed by atoms with Gasteiger partial charge in [-0.3, -0.25) is 9.59 Å². The number of halogens is 1. The average Bonchev–Trinajstić information content (AvgIpc) is 2.71. The molecule has 1 aliphatic carbocycles. The van der Waals surface area contributed by atoms with Crippen LogP contribution in [-0.2, 0) is 10.2 Å². The quantitative estimate of drug-likeness (QED) is 0.659. The summed E-state index contributed by atoms with van der Waals surface area (Å²) in [6, 6.07) is 5.61. The molecule has 1 aromatic carbocycles. The molecule has 2 aliphatic rings. The number of rotatable bonds is 2. The first-order valence-electron chi connectivity index (χ1n) is 7.19. The van der Waals surface area contributed by atoms with Gasteiger partial charge in [-0.2, -0.15) is 0 Å². The summed E-state index contributed by atoms with van der Waals surface area (Å²) in [7, 11) is 0. The fourth-order valence-electron chi connectivity index (χ4n) is 3.45. The van der Waals surface area contributed by atoms with E-state index in [9.17, 15) is 9.59 Å². The number of anilines is 1. The molecule has 0 bridgehead atoms. The van der Waals surface area contributed by atoms with Crippen molar-refractivity contribution in [1.82, 2.24) is 0 Å². The molecule has 1 N–H and O–H groups in total. The summed E-state index contributed by atoms with van der Waals surface area (Å²) in [5.41, 5.74) is 2.21. The molecule has 3 nitrogen and oxygen atoms in total. The molecular weight excluding hydrogens is 318 g/mol. The molecule has 4 heteroatoms. The number of ketones is 1. The molecule has 1 aromatic rings. The Balaban J connectivity index is 2.06. The summed E-state index contributed by atoms with van der Waals surface area (Å²) in [6.45, 7) is 1.83. The fraction of sp³-hybridized carbons (Fsp3) is 0.500. The summed E-state index contributed by atoms with van der Waals surface area (Å²) in [6.07, 6.45) is 5.15. The van der Waals surface area contributed by atoms with Crippen molar-refractivity contribution in [3.63, 3.8) is 0 Å². The van der Waals surface area contributed by atoms with Gasteiger partial charge in [0.05, 0.1) is 10.2 Å². The van der Waals surface area contributed by atoms with Crippen LogP contribution in [0.15, 0.2) is 18.2 Å². The summed E-state index contributed by atoms with van der Waals surface area (Å²) in [5, 5.41) is 2.99. The van der Waals surface area contributed by atoms with Gasteiger partial charge in [-0.1, -0.05) is 35.2 Å². The van der Waals surface area contributed by atoms with E-state index < -0.39 is 0 Å². The third-order valence-electron chi connectivity index (χ3n) is 4.57. The van der Waals surface area contributed by atoms with Crippen molar-refractivity contribution in [3.05, 3.63) is 29.3 Å². The van der Waals surface area contributed by atoms with Crippen LogP contribution in [0.1, 0.15) is 54.9 Å². The number of benzene rings is 1. The zero-order valence-corrected chi connectivity index (χ0v) is 13.1. The molecule has 1 unspecified atom stereocenters. The Morgan fingerprint density at radius 3 is 2.65 bits per heavy atom. The molecule has 0 aromatic heterocycles. The van der Waals surface area contributed by atoms with Crippen LogP contribution in [-0.4, -0.2) is 16.5 Å². The lowest BCUT2D eigenvalue weighted by molar-refractivity contribution is -0.121. The van der Waals surface area contributed by atoms with E-state index in [4.69, 9.17) is 0 Å². The fourth-order valence-corrected chi connectivity index (χ4v) is 3.71. The van der Waals surface area contributed by atoms with Crippen molar-refractivity contribution in [2.24, 2.45) is 0 Å². The van der Waals surface area contributed by atoms with Crippen LogP contribution >= 0.6 is 15.9 Å². The van der Waals surface area contributed by atoms with Crippen molar-refractivity contribution < 1.29 is 9.59 Å². The first-order chi connectivity index (χ1) is 9.54. The van der Waals surface area contributed by atoms with Gasteiger partial charge in [-0.15, -0.1) is 0 Å². The highest BCUT2D eigenvalue weighted by atomic mass is 79.9. The molecule has 0 saturated heterocycles. The van der Waals surface area contributed by atoms with Crippen LogP contribution in [0.3, 0.4) is 0 Å². The second-order valence-electron chi connectivity index (χ2n) is 5.84. The molecule has 3 rings (SSSR count). The molecule has 1 saturated carbocycles. The number of carbonyl (C=O) groups excluding carboxylic acids is 2. The van der Waals surface area contributed by atoms with E-state index in [0.717, 1.165) is 36.9 Å². The average molecular weight is 336 g/mol. The summed E-state index contributed by atoms with van der Waals surface area (Å²) in [5.74, 6) is 0.182. The number of hydrogen-bond acceptors (Lipinski definition) is 2. The molecule has 1 spiro atoms. The molecule has 1 amide bonds. The molecule has 1 fully saturated rings. The minimum absolute atomic E-state index is 0.0677. The van der Waals surface area contributed by atoms with Gasteiger partial charge in [0.1, 0.15) is 0 Å². The van der Waals surface area contributed by atoms with E-state index in [1.54, 1.807) is 6.07 Å². The number of carbonyl (C=O) groups is 2. The van der Waals surface area contributed by atoms with Gasteiger partial charge in [0, 0.05) is 11.3 Å². The Bertz CT molecular complexity index is 574. The molecule has 106 valence electrons. The highest BCUT2D eigenvalue weighted by Gasteiger charge is 2.47. The Morgan fingerprint density at radius 2 is 2.00 bits per heavy atom. The second-order valence-corrected chi connectivity index (χ2v) is 7.21. The van der Waals surface area contributed by atoms with Crippen LogP contribution < -0.4 is 5.32 Å². The third kappa shape index (κ3) is 2.01. The predicted octanol–water partition coefficient (Wildman–Crippen LogP) is 3.81. The van der Waals surface area contributed by atoms with E-state index in [2.05, 4.69) is 21.2 Å². The van der Waals surface area contributed by atoms with E-state index in [0.29, 0.717) is 5.56 Å². The Labute approximate surface area is 127 Å². The van der Waals surface area contributed by atoms with Crippen LogP contribution in [0, 0.1) is 0 Å². The van der Waals surface area contributed by atoms with Crippen LogP contribution in [0.5, 0.6) is 0 Å². The molecular formula is C16H18BrNO2. The number of amides is 1. The van der Waals surface area contributed by atoms with Gasteiger partial charge < -0.3 is 5.32 Å². The zero-order chi connectivity index (χ0) is 14.3. The number of nitrogens with one attached hydrogen (secondary N) is 1. The van der Waals surface area contributed by atoms with Crippen LogP contribution in [0.2, 0.25) is 0 Å². The second kappa shape index (κ2) is 4.99. The number of alkyl halides is 1. The Hall–Kier alpha value is -1.16. The van der Waals surface area contributed by atoms with E-state index in [1.807, 2.05) is 19.1 Å². The van der Waals surface area contributed by atoms with Crippen LogP contribution in [0.4, 0.5) is 5.69 Å². The van der Waals surface area contributed by atoms with E-state index in [-0.39, 0.29) is 21.9 Å². The standard InChI is InChI=1S/C16H18BrNO2/c1-10(17)14(19)11-5-6-13-12(9-11)16(15(20)18-13)7-3-2-4-8-16/h5-6,9-10H,2-4,7-8H2,1H3,(H,18,20). The van der Waals surface area contributed by atoms with Gasteiger partial charge in [0.25, 0.3) is 0 Å². The topological polar surface area (TPSA) is 46.2 Å². The van der Waals surface area contributed by atoms with Gasteiger partial charge in [-0.25, -0.2) is 0 Å². The summed E-state index contributed by atoms with van der Waals surface area (Å²) in [4.78, 5) is 24.4. The minimum atomic E-state index is -0.389. The van der Waals surface area contributed by atoms with Crippen molar-refractivity contribution >= 4 is 33.3 Å². The first kappa shape index (κ1) is 13.8. The van der Waals surface area contributed by atoms with Crippen molar-refractivity contribution in [1.29, 1.82) is 0 Å². The number of fused-ring (bicyclic) bond motifs is 2. The van der Waals surface area contributed by atoms with Crippen LogP contribution in [0.25, 0.3) is 0 Å². The maximum atomic E-state index is 12.4. The van der Waals surface area contributed by atoms with Gasteiger partial charge >= 0.3 is 0 Å². The van der Waals surface area contributed by atoms with Gasteiger partial charge in [0.15, 0.2) is 5.78 Å². The maximum Gasteiger partial charge on any atom is 0.235 e. The predicted molar refractivity (Wildman–Crippen MR) is 82.6 cm³/mol. The summed E-state index contributed by atoms with van der Waals surface area (Å²) < 4.78 is 0. The van der Waals surface area contributed by atoms with Crippen molar-refractivity contribution in [2.75, 3.05) is 5.32 Å². The van der Waals surface area contributed by atoms with Crippen molar-refractivity contribution in [3.8, 4) is 0 Å². The lowest BCUT2D eigenvalue weighted by Gasteiger charge is -2.31. The SMILES string of the molecule is CC(Br)C(=O)c1ccc2c(c1)C1(CCCCC1)C(=O)N2. The smallest absolute Gasteiger partial charge is 0.235 e. The van der Waals surface area contributed by atoms with Gasteiger partial charge in [-0.05, 0) is 43.5 Å². The minimum Gasteiger partial charge on any atom is -0.325 e. The largest absolute Gasteiger partial charge is 0.325 e. The lowest BCUT2D eigenvalue weighted by Crippen LogP contribution is -2.36. The summed E-state index contributed by atoms with van der Waals surface area (Å²) >= 11 is 3.32. The van der Waals surface area contributed by atoms with E-state index in [1.165, 1.54) is 6.42 Å². The van der Waals surface area contributed by atoms with Crippen molar-refractivity contribution in [2.45, 2.75) is 49.3 Å². The Morgan fingerprint density at radius 1 is 1.30 bits per heavy atom. The van der Waals surface area contributed by atoms with Gasteiger partial charge in [0.2, 0.25) is 5.91 Å². The maximum absolute atomic E-state index is 12.4. The lowest BCUT2D eigenvalue weighted by atomic mass is 9.70. The number of hydrogen-bond donors (Lipinski definition) is 1. The molecule has 20 heavy (non-hydrogen) atoms. The highest BCUT2D eigenvalue weighted by Crippen LogP contribution is 2.47. The normalized spacial score (nSPS) is 21.4. The molecule has 1 aliphatic heterocycles. The molecule has 0 radical (unpaired) electrons. The van der Waals surface area contributed by atoms with E-state index >= 15 is 0 Å². The first-order valence-corrected chi connectivity index (χ1v) is 8.10. The molecule has 1 atom stereocenters.